The number of amides is 1. The number of halogens is 1. The number of carbonyl (C=O) groups excluding carboxylic acids is 2. The molecule has 0 unspecified atom stereocenters. The molecule has 0 aliphatic heterocycles. The van der Waals surface area contributed by atoms with Crippen molar-refractivity contribution in [2.75, 3.05) is 17.7 Å². The van der Waals surface area contributed by atoms with Crippen molar-refractivity contribution in [1.29, 1.82) is 0 Å². The minimum Gasteiger partial charge on any atom is -0.462 e. The van der Waals surface area contributed by atoms with Crippen molar-refractivity contribution in [3.8, 4) is 11.4 Å². The first-order valence-electron chi connectivity index (χ1n) is 8.83. The fraction of sp³-hybridized carbons (Fsp3) is 0.200. The van der Waals surface area contributed by atoms with Gasteiger partial charge < -0.3 is 14.6 Å². The van der Waals surface area contributed by atoms with Gasteiger partial charge in [0.2, 0.25) is 5.91 Å². The van der Waals surface area contributed by atoms with Gasteiger partial charge in [-0.05, 0) is 25.1 Å². The van der Waals surface area contributed by atoms with Crippen molar-refractivity contribution < 1.29 is 14.3 Å². The van der Waals surface area contributed by atoms with Crippen LogP contribution in [0.15, 0.2) is 53.7 Å². The van der Waals surface area contributed by atoms with Crippen LogP contribution < -0.4 is 5.32 Å². The number of thioether (sulfide) groups is 1. The van der Waals surface area contributed by atoms with Gasteiger partial charge in [0.15, 0.2) is 11.0 Å². The lowest BCUT2D eigenvalue weighted by Crippen LogP contribution is -2.15. The van der Waals surface area contributed by atoms with E-state index in [0.717, 1.165) is 11.4 Å². The average molecular weight is 431 g/mol. The van der Waals surface area contributed by atoms with E-state index in [4.69, 9.17) is 16.3 Å². The Labute approximate surface area is 177 Å². The Bertz CT molecular complexity index is 1020. The standard InChI is InChI=1S/C20H19ClN4O3S/c1-3-28-19(27)14-9-10-15(21)16(11-14)22-17(26)12-29-20-24-23-18(25(20)2)13-7-5-4-6-8-13/h4-11H,3,12H2,1-2H3,(H,22,26). The summed E-state index contributed by atoms with van der Waals surface area (Å²) in [5, 5.41) is 12.0. The topological polar surface area (TPSA) is 86.1 Å². The van der Waals surface area contributed by atoms with Crippen molar-refractivity contribution in [1.82, 2.24) is 14.8 Å². The largest absolute Gasteiger partial charge is 0.462 e. The first kappa shape index (κ1) is 20.9. The zero-order valence-electron chi connectivity index (χ0n) is 15.9. The summed E-state index contributed by atoms with van der Waals surface area (Å²) in [5.74, 6) is 0.0863. The van der Waals surface area contributed by atoms with Crippen LogP contribution in [0.2, 0.25) is 5.02 Å². The molecule has 1 heterocycles. The molecule has 3 aromatic rings. The fourth-order valence-corrected chi connectivity index (χ4v) is 3.43. The van der Waals surface area contributed by atoms with Gasteiger partial charge in [0, 0.05) is 12.6 Å². The normalized spacial score (nSPS) is 10.6. The van der Waals surface area contributed by atoms with Crippen LogP contribution in [-0.4, -0.2) is 39.0 Å². The molecule has 1 amide bonds. The number of esters is 1. The molecule has 3 rings (SSSR count). The van der Waals surface area contributed by atoms with Crippen LogP contribution in [0.4, 0.5) is 5.69 Å². The van der Waals surface area contributed by atoms with Gasteiger partial charge >= 0.3 is 5.97 Å². The van der Waals surface area contributed by atoms with E-state index in [1.54, 1.807) is 19.1 Å². The summed E-state index contributed by atoms with van der Waals surface area (Å²) >= 11 is 7.39. The van der Waals surface area contributed by atoms with Gasteiger partial charge in [-0.15, -0.1) is 10.2 Å². The monoisotopic (exact) mass is 430 g/mol. The lowest BCUT2D eigenvalue weighted by atomic mass is 10.2. The Morgan fingerprint density at radius 1 is 1.17 bits per heavy atom. The average Bonchev–Trinajstić information content (AvgIpc) is 3.09. The number of hydrogen-bond acceptors (Lipinski definition) is 6. The zero-order valence-corrected chi connectivity index (χ0v) is 17.5. The van der Waals surface area contributed by atoms with E-state index in [1.165, 1.54) is 17.8 Å². The molecule has 0 bridgehead atoms. The van der Waals surface area contributed by atoms with Gasteiger partial charge in [0.25, 0.3) is 0 Å². The number of anilines is 1. The van der Waals surface area contributed by atoms with E-state index >= 15 is 0 Å². The Kier molecular flexibility index (Phi) is 6.90. The summed E-state index contributed by atoms with van der Waals surface area (Å²) in [6.07, 6.45) is 0. The van der Waals surface area contributed by atoms with Crippen LogP contribution in [0.3, 0.4) is 0 Å². The summed E-state index contributed by atoms with van der Waals surface area (Å²) in [6, 6.07) is 14.3. The molecule has 0 saturated heterocycles. The Hall–Kier alpha value is -2.84. The Balaban J connectivity index is 1.64. The summed E-state index contributed by atoms with van der Waals surface area (Å²) in [7, 11) is 1.85. The molecule has 0 radical (unpaired) electrons. The van der Waals surface area contributed by atoms with Crippen molar-refractivity contribution in [3.63, 3.8) is 0 Å². The highest BCUT2D eigenvalue weighted by Crippen LogP contribution is 2.25. The number of benzene rings is 2. The number of carbonyl (C=O) groups is 2. The molecule has 2 aromatic carbocycles. The molecular weight excluding hydrogens is 412 g/mol. The Morgan fingerprint density at radius 2 is 1.93 bits per heavy atom. The predicted molar refractivity (Wildman–Crippen MR) is 113 cm³/mol. The van der Waals surface area contributed by atoms with Gasteiger partial charge in [-0.2, -0.15) is 0 Å². The highest BCUT2D eigenvalue weighted by Gasteiger charge is 2.15. The third-order valence-electron chi connectivity index (χ3n) is 3.95. The number of rotatable bonds is 7. The number of nitrogens with one attached hydrogen (secondary N) is 1. The van der Waals surface area contributed by atoms with Crippen LogP contribution in [0.5, 0.6) is 0 Å². The highest BCUT2D eigenvalue weighted by atomic mass is 35.5. The van der Waals surface area contributed by atoms with E-state index in [-0.39, 0.29) is 18.3 Å². The second-order valence-electron chi connectivity index (χ2n) is 5.98. The molecule has 150 valence electrons. The smallest absolute Gasteiger partial charge is 0.338 e. The molecule has 0 fully saturated rings. The minimum atomic E-state index is -0.471. The second kappa shape index (κ2) is 9.58. The maximum absolute atomic E-state index is 12.4. The molecule has 1 aromatic heterocycles. The maximum Gasteiger partial charge on any atom is 0.338 e. The second-order valence-corrected chi connectivity index (χ2v) is 7.33. The highest BCUT2D eigenvalue weighted by molar-refractivity contribution is 7.99. The van der Waals surface area contributed by atoms with E-state index in [0.29, 0.717) is 21.4 Å². The lowest BCUT2D eigenvalue weighted by molar-refractivity contribution is -0.113. The quantitative estimate of drug-likeness (QED) is 0.449. The number of aromatic nitrogens is 3. The third-order valence-corrected chi connectivity index (χ3v) is 5.30. The fourth-order valence-electron chi connectivity index (χ4n) is 2.56. The number of hydrogen-bond donors (Lipinski definition) is 1. The van der Waals surface area contributed by atoms with Crippen LogP contribution in [-0.2, 0) is 16.6 Å². The SMILES string of the molecule is CCOC(=O)c1ccc(Cl)c(NC(=O)CSc2nnc(-c3ccccc3)n2C)c1. The summed E-state index contributed by atoms with van der Waals surface area (Å²) in [4.78, 5) is 24.2. The molecule has 0 aliphatic carbocycles. The van der Waals surface area contributed by atoms with Gasteiger partial charge in [0.05, 0.1) is 28.6 Å². The van der Waals surface area contributed by atoms with Gasteiger partial charge in [0.1, 0.15) is 0 Å². The van der Waals surface area contributed by atoms with Crippen LogP contribution >= 0.6 is 23.4 Å². The van der Waals surface area contributed by atoms with Crippen LogP contribution in [0.1, 0.15) is 17.3 Å². The van der Waals surface area contributed by atoms with Crippen molar-refractivity contribution in [2.24, 2.45) is 7.05 Å². The first-order chi connectivity index (χ1) is 14.0. The molecule has 0 atom stereocenters. The summed E-state index contributed by atoms with van der Waals surface area (Å²) < 4.78 is 6.80. The first-order valence-corrected chi connectivity index (χ1v) is 10.2. The van der Waals surface area contributed by atoms with Gasteiger partial charge in [-0.25, -0.2) is 4.79 Å². The molecule has 7 nitrogen and oxygen atoms in total. The van der Waals surface area contributed by atoms with E-state index in [9.17, 15) is 9.59 Å². The van der Waals surface area contributed by atoms with Crippen LogP contribution in [0.25, 0.3) is 11.4 Å². The van der Waals surface area contributed by atoms with E-state index in [1.807, 2.05) is 41.9 Å². The molecule has 0 aliphatic rings. The van der Waals surface area contributed by atoms with Crippen molar-refractivity contribution in [3.05, 3.63) is 59.1 Å². The maximum atomic E-state index is 12.4. The van der Waals surface area contributed by atoms with Crippen LogP contribution in [0, 0.1) is 0 Å². The summed E-state index contributed by atoms with van der Waals surface area (Å²) in [6.45, 7) is 1.99. The molecule has 0 spiro atoms. The third kappa shape index (κ3) is 5.16. The number of nitrogens with zero attached hydrogens (tertiary/aromatic N) is 3. The van der Waals surface area contributed by atoms with Crippen molar-refractivity contribution in [2.45, 2.75) is 12.1 Å². The predicted octanol–water partition coefficient (Wildman–Crippen LogP) is 4.04. The molecular formula is C20H19ClN4O3S. The van der Waals surface area contributed by atoms with Crippen molar-refractivity contribution >= 4 is 40.9 Å². The van der Waals surface area contributed by atoms with E-state index in [2.05, 4.69) is 15.5 Å². The minimum absolute atomic E-state index is 0.112. The number of ether oxygens (including phenoxy) is 1. The van der Waals surface area contributed by atoms with Gasteiger partial charge in [-0.3, -0.25) is 4.79 Å². The zero-order chi connectivity index (χ0) is 20.8. The van der Waals surface area contributed by atoms with Gasteiger partial charge in [-0.1, -0.05) is 53.7 Å². The molecule has 0 saturated carbocycles. The molecule has 9 heteroatoms. The van der Waals surface area contributed by atoms with E-state index < -0.39 is 5.97 Å². The summed E-state index contributed by atoms with van der Waals surface area (Å²) in [5.41, 5.74) is 1.62. The lowest BCUT2D eigenvalue weighted by Gasteiger charge is -2.09. The Morgan fingerprint density at radius 3 is 2.66 bits per heavy atom. The molecule has 29 heavy (non-hydrogen) atoms. The molecule has 1 N–H and O–H groups in total.